The van der Waals surface area contributed by atoms with Gasteiger partial charge < -0.3 is 34.3 Å². The molecule has 1 unspecified atom stereocenters. The molecular weight excluding hydrogens is 297 g/mol. The van der Waals surface area contributed by atoms with Crippen LogP contribution in [-0.4, -0.2) is 48.8 Å². The number of hydrogen-bond donors (Lipinski definition) is 2. The molecule has 0 spiro atoms. The monoisotopic (exact) mass is 313 g/mol. The van der Waals surface area contributed by atoms with Crippen LogP contribution in [0.1, 0.15) is 6.42 Å². The molecule has 4 rings (SSSR count). The molecule has 0 aliphatic carbocycles. The van der Waals surface area contributed by atoms with Crippen molar-refractivity contribution in [3.05, 3.63) is 6.33 Å². The van der Waals surface area contributed by atoms with E-state index in [-0.39, 0.29) is 18.4 Å². The topological polar surface area (TPSA) is 104 Å². The Morgan fingerprint density at radius 3 is 3.24 bits per heavy atom. The highest BCUT2D eigenvalue weighted by Crippen LogP contribution is 2.48. The molecule has 0 radical (unpaired) electrons. The van der Waals surface area contributed by atoms with Crippen LogP contribution in [0.3, 0.4) is 0 Å². The molecule has 3 N–H and O–H groups in total. The Hall–Kier alpha value is -1.25. The molecule has 0 bridgehead atoms. The van der Waals surface area contributed by atoms with E-state index in [0.717, 1.165) is 17.9 Å². The normalized spacial score (nSPS) is 34.4. The van der Waals surface area contributed by atoms with Gasteiger partial charge in [0.2, 0.25) is 0 Å². The first-order chi connectivity index (χ1) is 10.3. The first-order valence-electron chi connectivity index (χ1n) is 6.66. The summed E-state index contributed by atoms with van der Waals surface area (Å²) >= 11 is 0. The second kappa shape index (κ2) is 5.19. The number of nitrogens with one attached hydrogen (secondary N) is 1. The molecule has 2 fully saturated rings. The predicted octanol–water partition coefficient (Wildman–Crippen LogP) is 0.652. The Morgan fingerprint density at radius 2 is 2.38 bits per heavy atom. The molecule has 2 saturated heterocycles. The number of rotatable bonds is 2. The Bertz CT molecular complexity index is 549. The molecule has 21 heavy (non-hydrogen) atoms. The number of nitrogens with zero attached hydrogens (tertiary/aromatic N) is 3. The van der Waals surface area contributed by atoms with E-state index < -0.39 is 8.60 Å². The van der Waals surface area contributed by atoms with Crippen LogP contribution >= 0.6 is 8.60 Å². The van der Waals surface area contributed by atoms with Crippen LogP contribution in [0.4, 0.5) is 17.3 Å². The SMILES string of the molecule is CO[P@]1OCC2O[C@@H](N3CNc4c(N)ncnc43)C[C@@H]2O1. The van der Waals surface area contributed by atoms with Gasteiger partial charge in [-0.05, 0) is 0 Å². The van der Waals surface area contributed by atoms with E-state index in [2.05, 4.69) is 15.3 Å². The van der Waals surface area contributed by atoms with Crippen molar-refractivity contribution in [1.29, 1.82) is 0 Å². The van der Waals surface area contributed by atoms with Crippen LogP contribution in [0.15, 0.2) is 6.33 Å². The zero-order valence-electron chi connectivity index (χ0n) is 11.4. The smallest absolute Gasteiger partial charge is 0.332 e. The molecule has 4 atom stereocenters. The Balaban J connectivity index is 1.52. The zero-order chi connectivity index (χ0) is 14.4. The minimum atomic E-state index is -1.25. The highest BCUT2D eigenvalue weighted by Gasteiger charge is 2.45. The molecule has 1 aromatic heterocycles. The van der Waals surface area contributed by atoms with Crippen molar-refractivity contribution in [2.75, 3.05) is 36.3 Å². The van der Waals surface area contributed by atoms with Crippen LogP contribution in [0.25, 0.3) is 0 Å². The van der Waals surface area contributed by atoms with Gasteiger partial charge in [-0.25, -0.2) is 9.97 Å². The molecule has 3 aliphatic rings. The highest BCUT2D eigenvalue weighted by atomic mass is 31.2. The standard InChI is InChI=1S/C11H16N5O4P/c1-17-21-18-3-7-6(20-21)2-8(19-7)16-5-15-9-10(12)13-4-14-11(9)16/h4,6-8,15H,2-3,5H2,1H3,(H2,12,13,14)/t6-,7?,8+,21+/m0/s1. The van der Waals surface area contributed by atoms with Crippen molar-refractivity contribution in [3.8, 4) is 0 Å². The van der Waals surface area contributed by atoms with Crippen LogP contribution < -0.4 is 16.0 Å². The van der Waals surface area contributed by atoms with Crippen molar-refractivity contribution < 1.29 is 18.3 Å². The summed E-state index contributed by atoms with van der Waals surface area (Å²) in [4.78, 5) is 10.3. The van der Waals surface area contributed by atoms with Gasteiger partial charge in [0.1, 0.15) is 24.3 Å². The number of aromatic nitrogens is 2. The van der Waals surface area contributed by atoms with Crippen molar-refractivity contribution in [1.82, 2.24) is 9.97 Å². The summed E-state index contributed by atoms with van der Waals surface area (Å²) in [6, 6.07) is 0. The van der Waals surface area contributed by atoms with E-state index in [1.807, 2.05) is 4.90 Å². The number of hydrogen-bond acceptors (Lipinski definition) is 9. The van der Waals surface area contributed by atoms with E-state index in [4.69, 9.17) is 24.0 Å². The quantitative estimate of drug-likeness (QED) is 0.761. The molecule has 1 aromatic rings. The number of nitrogens with two attached hydrogens (primary N) is 1. The third-order valence-electron chi connectivity index (χ3n) is 3.80. The third-order valence-corrected chi connectivity index (χ3v) is 4.90. The predicted molar refractivity (Wildman–Crippen MR) is 75.4 cm³/mol. The van der Waals surface area contributed by atoms with E-state index in [0.29, 0.717) is 19.1 Å². The summed E-state index contributed by atoms with van der Waals surface area (Å²) in [5, 5.41) is 3.20. The minimum Gasteiger partial charge on any atom is -0.382 e. The maximum Gasteiger partial charge on any atom is 0.332 e. The lowest BCUT2D eigenvalue weighted by Crippen LogP contribution is -2.36. The number of nitrogen functional groups attached to an aromatic ring is 1. The average molecular weight is 313 g/mol. The van der Waals surface area contributed by atoms with Crippen molar-refractivity contribution in [3.63, 3.8) is 0 Å². The van der Waals surface area contributed by atoms with Crippen LogP contribution in [0.2, 0.25) is 0 Å². The third kappa shape index (κ3) is 2.21. The summed E-state index contributed by atoms with van der Waals surface area (Å²) in [5.41, 5.74) is 6.60. The lowest BCUT2D eigenvalue weighted by molar-refractivity contribution is -0.0425. The molecule has 114 valence electrons. The lowest BCUT2D eigenvalue weighted by atomic mass is 10.2. The summed E-state index contributed by atoms with van der Waals surface area (Å²) in [6.45, 7) is 1.07. The second-order valence-electron chi connectivity index (χ2n) is 4.97. The fourth-order valence-electron chi connectivity index (χ4n) is 2.78. The van der Waals surface area contributed by atoms with Gasteiger partial charge in [0.25, 0.3) is 0 Å². The largest absolute Gasteiger partial charge is 0.382 e. The number of ether oxygens (including phenoxy) is 1. The summed E-state index contributed by atoms with van der Waals surface area (Å²) in [6.07, 6.45) is 1.98. The van der Waals surface area contributed by atoms with Gasteiger partial charge in [-0.1, -0.05) is 0 Å². The summed E-state index contributed by atoms with van der Waals surface area (Å²) in [5.74, 6) is 1.21. The average Bonchev–Trinajstić information content (AvgIpc) is 3.10. The molecular formula is C11H16N5O4P. The number of fused-ring (bicyclic) bond motifs is 2. The molecule has 3 aliphatic heterocycles. The first kappa shape index (κ1) is 13.4. The Kier molecular flexibility index (Phi) is 3.31. The lowest BCUT2D eigenvalue weighted by Gasteiger charge is -2.28. The van der Waals surface area contributed by atoms with Crippen molar-refractivity contribution in [2.45, 2.75) is 24.9 Å². The molecule has 9 nitrogen and oxygen atoms in total. The van der Waals surface area contributed by atoms with E-state index >= 15 is 0 Å². The van der Waals surface area contributed by atoms with Gasteiger partial charge >= 0.3 is 8.60 Å². The van der Waals surface area contributed by atoms with Gasteiger partial charge in [-0.3, -0.25) is 0 Å². The Labute approximate surface area is 122 Å². The molecule has 0 aromatic carbocycles. The fourth-order valence-corrected chi connectivity index (χ4v) is 3.74. The van der Waals surface area contributed by atoms with E-state index in [1.54, 1.807) is 7.11 Å². The van der Waals surface area contributed by atoms with Gasteiger partial charge in [0.05, 0.1) is 19.4 Å². The van der Waals surface area contributed by atoms with Gasteiger partial charge in [-0.15, -0.1) is 0 Å². The van der Waals surface area contributed by atoms with Crippen LogP contribution in [0.5, 0.6) is 0 Å². The Morgan fingerprint density at radius 1 is 1.48 bits per heavy atom. The van der Waals surface area contributed by atoms with Crippen molar-refractivity contribution >= 4 is 25.9 Å². The van der Waals surface area contributed by atoms with Crippen LogP contribution in [-0.2, 0) is 18.3 Å². The second-order valence-corrected chi connectivity index (χ2v) is 6.25. The number of anilines is 3. The minimum absolute atomic E-state index is 0.0157. The van der Waals surface area contributed by atoms with E-state index in [9.17, 15) is 0 Å². The van der Waals surface area contributed by atoms with Gasteiger partial charge in [-0.2, -0.15) is 0 Å². The van der Waals surface area contributed by atoms with Gasteiger partial charge in [0, 0.05) is 13.5 Å². The van der Waals surface area contributed by atoms with Crippen LogP contribution in [0, 0.1) is 0 Å². The van der Waals surface area contributed by atoms with Crippen molar-refractivity contribution in [2.24, 2.45) is 0 Å². The molecule has 0 amide bonds. The fraction of sp³-hybridized carbons (Fsp3) is 0.636. The maximum absolute atomic E-state index is 6.03. The molecule has 10 heteroatoms. The van der Waals surface area contributed by atoms with Gasteiger partial charge in [0.15, 0.2) is 11.6 Å². The maximum atomic E-state index is 6.03. The summed E-state index contributed by atoms with van der Waals surface area (Å²) in [7, 11) is 0.333. The molecule has 0 saturated carbocycles. The first-order valence-corrected chi connectivity index (χ1v) is 7.76. The highest BCUT2D eigenvalue weighted by molar-refractivity contribution is 7.41. The van der Waals surface area contributed by atoms with E-state index in [1.165, 1.54) is 6.33 Å². The molecule has 4 heterocycles. The zero-order valence-corrected chi connectivity index (χ0v) is 12.3. The summed E-state index contributed by atoms with van der Waals surface area (Å²) < 4.78 is 22.4.